The van der Waals surface area contributed by atoms with Gasteiger partial charge in [0.25, 0.3) is 0 Å². The van der Waals surface area contributed by atoms with Gasteiger partial charge in [-0.25, -0.2) is 0 Å². The van der Waals surface area contributed by atoms with E-state index < -0.39 is 0 Å². The highest BCUT2D eigenvalue weighted by Crippen LogP contribution is 2.22. The van der Waals surface area contributed by atoms with Gasteiger partial charge < -0.3 is 10.6 Å². The molecule has 1 heterocycles. The van der Waals surface area contributed by atoms with Crippen LogP contribution in [0.3, 0.4) is 0 Å². The summed E-state index contributed by atoms with van der Waals surface area (Å²) in [6.07, 6.45) is 3.93. The molecule has 3 heteroatoms. The number of nitrogens with one attached hydrogen (secondary N) is 2. The number of thioether (sulfide) groups is 1. The Morgan fingerprint density at radius 2 is 2.07 bits per heavy atom. The van der Waals surface area contributed by atoms with Crippen LogP contribution in [0.15, 0.2) is 0 Å². The van der Waals surface area contributed by atoms with Crippen LogP contribution >= 0.6 is 11.8 Å². The Morgan fingerprint density at radius 3 is 2.79 bits per heavy atom. The molecule has 84 valence electrons. The first kappa shape index (κ1) is 12.3. The highest BCUT2D eigenvalue weighted by molar-refractivity contribution is 7.99. The molecule has 2 N–H and O–H groups in total. The molecule has 0 amide bonds. The van der Waals surface area contributed by atoms with E-state index in [4.69, 9.17) is 0 Å². The van der Waals surface area contributed by atoms with Gasteiger partial charge >= 0.3 is 0 Å². The lowest BCUT2D eigenvalue weighted by atomic mass is 10.1. The van der Waals surface area contributed by atoms with Crippen LogP contribution in [-0.2, 0) is 0 Å². The molecule has 0 aromatic rings. The molecule has 14 heavy (non-hydrogen) atoms. The summed E-state index contributed by atoms with van der Waals surface area (Å²) in [5.74, 6) is 3.70. The summed E-state index contributed by atoms with van der Waals surface area (Å²) in [6.45, 7) is 6.96. The molecule has 0 bridgehead atoms. The fraction of sp³-hybridized carbons (Fsp3) is 1.00. The molecule has 1 aliphatic rings. The van der Waals surface area contributed by atoms with Crippen molar-refractivity contribution in [1.82, 2.24) is 10.6 Å². The largest absolute Gasteiger partial charge is 0.317 e. The Morgan fingerprint density at radius 1 is 1.21 bits per heavy atom. The Bertz CT molecular complexity index is 124. The zero-order chi connectivity index (χ0) is 10.1. The van der Waals surface area contributed by atoms with Crippen LogP contribution in [0.1, 0.15) is 26.2 Å². The number of rotatable bonds is 8. The summed E-state index contributed by atoms with van der Waals surface area (Å²) < 4.78 is 0. The summed E-state index contributed by atoms with van der Waals surface area (Å²) in [6, 6.07) is 0. The lowest BCUT2D eigenvalue weighted by molar-refractivity contribution is 0.509. The maximum atomic E-state index is 3.55. The van der Waals surface area contributed by atoms with Gasteiger partial charge in [-0.1, -0.05) is 6.92 Å². The van der Waals surface area contributed by atoms with Crippen LogP contribution in [0.4, 0.5) is 0 Å². The van der Waals surface area contributed by atoms with Crippen LogP contribution in [0.2, 0.25) is 0 Å². The van der Waals surface area contributed by atoms with E-state index >= 15 is 0 Å². The second kappa shape index (κ2) is 8.57. The fourth-order valence-corrected chi connectivity index (χ4v) is 2.98. The van der Waals surface area contributed by atoms with Crippen molar-refractivity contribution in [3.8, 4) is 0 Å². The van der Waals surface area contributed by atoms with E-state index in [9.17, 15) is 0 Å². The molecule has 1 unspecified atom stereocenters. The summed E-state index contributed by atoms with van der Waals surface area (Å²) in [5, 5.41) is 6.97. The second-order valence-corrected chi connectivity index (χ2v) is 5.19. The molecule has 1 saturated heterocycles. The van der Waals surface area contributed by atoms with Crippen LogP contribution in [0, 0.1) is 5.92 Å². The Kier molecular flexibility index (Phi) is 7.55. The third kappa shape index (κ3) is 5.89. The fourth-order valence-electron chi connectivity index (χ4n) is 1.69. The highest BCUT2D eigenvalue weighted by Gasteiger charge is 2.13. The minimum absolute atomic E-state index is 0.948. The van der Waals surface area contributed by atoms with E-state index in [-0.39, 0.29) is 0 Å². The Balaban J connectivity index is 1.75. The van der Waals surface area contributed by atoms with Gasteiger partial charge in [0.15, 0.2) is 0 Å². The maximum Gasteiger partial charge on any atom is -0.00123 e. The van der Waals surface area contributed by atoms with E-state index in [0.29, 0.717) is 0 Å². The van der Waals surface area contributed by atoms with Gasteiger partial charge in [0.2, 0.25) is 0 Å². The highest BCUT2D eigenvalue weighted by atomic mass is 32.2. The van der Waals surface area contributed by atoms with Crippen LogP contribution in [0.5, 0.6) is 0 Å². The molecule has 0 saturated carbocycles. The second-order valence-electron chi connectivity index (χ2n) is 4.04. The molecular weight excluding hydrogens is 192 g/mol. The molecule has 0 aromatic heterocycles. The molecule has 1 aliphatic heterocycles. The molecule has 1 rings (SSSR count). The van der Waals surface area contributed by atoms with Gasteiger partial charge in [-0.15, -0.1) is 0 Å². The minimum Gasteiger partial charge on any atom is -0.317 e. The Hall–Kier alpha value is 0.270. The summed E-state index contributed by atoms with van der Waals surface area (Å²) in [5.41, 5.74) is 0. The predicted molar refractivity (Wildman–Crippen MR) is 66.1 cm³/mol. The first-order valence-corrected chi connectivity index (χ1v) is 7.08. The number of hydrogen-bond donors (Lipinski definition) is 2. The summed E-state index contributed by atoms with van der Waals surface area (Å²) in [4.78, 5) is 0. The number of hydrogen-bond acceptors (Lipinski definition) is 3. The van der Waals surface area contributed by atoms with Crippen molar-refractivity contribution in [2.24, 2.45) is 5.92 Å². The average Bonchev–Trinajstić information content (AvgIpc) is 2.69. The standard InChI is InChI=1S/C11H24N2S/c1-2-5-12-6-3-7-13-9-11-4-8-14-10-11/h11-13H,2-10H2,1H3. The molecule has 0 aliphatic carbocycles. The average molecular weight is 216 g/mol. The third-order valence-electron chi connectivity index (χ3n) is 2.59. The van der Waals surface area contributed by atoms with Crippen molar-refractivity contribution >= 4 is 11.8 Å². The van der Waals surface area contributed by atoms with Gasteiger partial charge in [-0.05, 0) is 62.9 Å². The van der Waals surface area contributed by atoms with Gasteiger partial charge in [-0.2, -0.15) is 11.8 Å². The molecule has 0 radical (unpaired) electrons. The van der Waals surface area contributed by atoms with Crippen LogP contribution < -0.4 is 10.6 Å². The van der Waals surface area contributed by atoms with Crippen LogP contribution in [-0.4, -0.2) is 37.7 Å². The van der Waals surface area contributed by atoms with Gasteiger partial charge in [0, 0.05) is 0 Å². The quantitative estimate of drug-likeness (QED) is 0.604. The first-order chi connectivity index (χ1) is 6.93. The lowest BCUT2D eigenvalue weighted by Crippen LogP contribution is -2.26. The summed E-state index contributed by atoms with van der Waals surface area (Å²) >= 11 is 2.10. The first-order valence-electron chi connectivity index (χ1n) is 5.92. The van der Waals surface area contributed by atoms with Crippen molar-refractivity contribution in [2.45, 2.75) is 26.2 Å². The maximum absolute atomic E-state index is 3.55. The SMILES string of the molecule is CCCNCCCNCC1CCSC1. The summed E-state index contributed by atoms with van der Waals surface area (Å²) in [7, 11) is 0. The zero-order valence-electron chi connectivity index (χ0n) is 9.35. The molecular formula is C11H24N2S. The van der Waals surface area contributed by atoms with E-state index in [1.165, 1.54) is 56.9 Å². The van der Waals surface area contributed by atoms with Crippen molar-refractivity contribution in [3.63, 3.8) is 0 Å². The van der Waals surface area contributed by atoms with Crippen molar-refractivity contribution in [1.29, 1.82) is 0 Å². The normalized spacial score (nSPS) is 21.6. The minimum atomic E-state index is 0.948. The van der Waals surface area contributed by atoms with Crippen molar-refractivity contribution in [2.75, 3.05) is 37.7 Å². The van der Waals surface area contributed by atoms with Crippen LogP contribution in [0.25, 0.3) is 0 Å². The monoisotopic (exact) mass is 216 g/mol. The Labute approximate surface area is 92.6 Å². The van der Waals surface area contributed by atoms with Crippen molar-refractivity contribution in [3.05, 3.63) is 0 Å². The van der Waals surface area contributed by atoms with E-state index in [2.05, 4.69) is 29.3 Å². The predicted octanol–water partition coefficient (Wildman–Crippen LogP) is 1.72. The topological polar surface area (TPSA) is 24.1 Å². The lowest BCUT2D eigenvalue weighted by Gasteiger charge is -2.09. The van der Waals surface area contributed by atoms with E-state index in [1.54, 1.807) is 0 Å². The van der Waals surface area contributed by atoms with Gasteiger partial charge in [0.05, 0.1) is 0 Å². The van der Waals surface area contributed by atoms with Gasteiger partial charge in [0.1, 0.15) is 0 Å². The van der Waals surface area contributed by atoms with E-state index in [0.717, 1.165) is 5.92 Å². The third-order valence-corrected chi connectivity index (χ3v) is 3.82. The van der Waals surface area contributed by atoms with Gasteiger partial charge in [-0.3, -0.25) is 0 Å². The molecule has 0 spiro atoms. The molecule has 1 atom stereocenters. The van der Waals surface area contributed by atoms with Crippen molar-refractivity contribution < 1.29 is 0 Å². The smallest absolute Gasteiger partial charge is 0.00123 e. The zero-order valence-corrected chi connectivity index (χ0v) is 10.2. The molecule has 1 fully saturated rings. The van der Waals surface area contributed by atoms with E-state index in [1.807, 2.05) is 0 Å². The molecule has 2 nitrogen and oxygen atoms in total. The molecule has 0 aromatic carbocycles.